The third kappa shape index (κ3) is 3.83. The molecule has 0 heterocycles. The molecular weight excluding hydrogens is 134 g/mol. The van der Waals surface area contributed by atoms with Crippen molar-refractivity contribution >= 4 is 0 Å². The standard InChI is InChI=1S/C10H17N/c1-4-6-7-9(3)10(5-2)8-11/h7,10H,4-6H2,1-3H3/b9-7+/t10-/m0/s1. The third-order valence-corrected chi connectivity index (χ3v) is 1.87. The summed E-state index contributed by atoms with van der Waals surface area (Å²) < 4.78 is 0. The monoisotopic (exact) mass is 151 g/mol. The highest BCUT2D eigenvalue weighted by molar-refractivity contribution is 5.11. The zero-order valence-corrected chi connectivity index (χ0v) is 7.72. The van der Waals surface area contributed by atoms with E-state index in [1.165, 1.54) is 12.0 Å². The van der Waals surface area contributed by atoms with Gasteiger partial charge in [0, 0.05) is 0 Å². The molecule has 0 radical (unpaired) electrons. The van der Waals surface area contributed by atoms with Crippen molar-refractivity contribution in [1.82, 2.24) is 0 Å². The Morgan fingerprint density at radius 2 is 2.18 bits per heavy atom. The second-order valence-corrected chi connectivity index (χ2v) is 2.83. The Kier molecular flexibility index (Phi) is 5.56. The number of hydrogen-bond acceptors (Lipinski definition) is 1. The Morgan fingerprint density at radius 3 is 2.55 bits per heavy atom. The topological polar surface area (TPSA) is 23.8 Å². The van der Waals surface area contributed by atoms with Crippen LogP contribution < -0.4 is 0 Å². The van der Waals surface area contributed by atoms with Crippen LogP contribution in [0.3, 0.4) is 0 Å². The van der Waals surface area contributed by atoms with Crippen LogP contribution in [-0.4, -0.2) is 0 Å². The van der Waals surface area contributed by atoms with Crippen molar-refractivity contribution in [3.8, 4) is 6.07 Å². The van der Waals surface area contributed by atoms with E-state index in [9.17, 15) is 0 Å². The van der Waals surface area contributed by atoms with Gasteiger partial charge in [-0.05, 0) is 19.8 Å². The lowest BCUT2D eigenvalue weighted by atomic mass is 9.98. The lowest BCUT2D eigenvalue weighted by molar-refractivity contribution is 0.732. The lowest BCUT2D eigenvalue weighted by Gasteiger charge is -2.04. The zero-order valence-electron chi connectivity index (χ0n) is 7.72. The van der Waals surface area contributed by atoms with Crippen molar-refractivity contribution in [1.29, 1.82) is 5.26 Å². The fraction of sp³-hybridized carbons (Fsp3) is 0.700. The minimum atomic E-state index is 0.140. The van der Waals surface area contributed by atoms with Gasteiger partial charge in [0.05, 0.1) is 12.0 Å². The molecule has 0 saturated heterocycles. The predicted molar refractivity (Wildman–Crippen MR) is 48.1 cm³/mol. The highest BCUT2D eigenvalue weighted by Gasteiger charge is 2.04. The van der Waals surface area contributed by atoms with E-state index < -0.39 is 0 Å². The molecule has 0 amide bonds. The second-order valence-electron chi connectivity index (χ2n) is 2.83. The molecule has 0 fully saturated rings. The second kappa shape index (κ2) is 5.97. The van der Waals surface area contributed by atoms with Gasteiger partial charge in [-0.3, -0.25) is 0 Å². The van der Waals surface area contributed by atoms with Crippen LogP contribution in [0.1, 0.15) is 40.0 Å². The largest absolute Gasteiger partial charge is 0.198 e. The van der Waals surface area contributed by atoms with E-state index in [0.717, 1.165) is 12.8 Å². The van der Waals surface area contributed by atoms with Gasteiger partial charge >= 0.3 is 0 Å². The highest BCUT2D eigenvalue weighted by atomic mass is 14.3. The lowest BCUT2D eigenvalue weighted by Crippen LogP contribution is -1.95. The summed E-state index contributed by atoms with van der Waals surface area (Å²) in [5, 5.41) is 8.70. The number of allylic oxidation sites excluding steroid dienone is 2. The maximum Gasteiger partial charge on any atom is 0.0700 e. The van der Waals surface area contributed by atoms with Gasteiger partial charge in [-0.1, -0.05) is 31.9 Å². The van der Waals surface area contributed by atoms with Crippen LogP contribution >= 0.6 is 0 Å². The zero-order chi connectivity index (χ0) is 8.69. The summed E-state index contributed by atoms with van der Waals surface area (Å²) in [7, 11) is 0. The Labute approximate surface area is 69.7 Å². The summed E-state index contributed by atoms with van der Waals surface area (Å²) >= 11 is 0. The molecule has 0 bridgehead atoms. The summed E-state index contributed by atoms with van der Waals surface area (Å²) in [6, 6.07) is 2.29. The molecule has 0 rings (SSSR count). The summed E-state index contributed by atoms with van der Waals surface area (Å²) in [6.07, 6.45) is 5.38. The van der Waals surface area contributed by atoms with Gasteiger partial charge < -0.3 is 0 Å². The number of unbranched alkanes of at least 4 members (excludes halogenated alkanes) is 1. The van der Waals surface area contributed by atoms with E-state index in [0.29, 0.717) is 0 Å². The number of hydrogen-bond donors (Lipinski definition) is 0. The maximum atomic E-state index is 8.70. The molecule has 11 heavy (non-hydrogen) atoms. The van der Waals surface area contributed by atoms with E-state index in [4.69, 9.17) is 5.26 Å². The molecule has 62 valence electrons. The first-order valence-electron chi connectivity index (χ1n) is 4.32. The van der Waals surface area contributed by atoms with Gasteiger partial charge in [-0.2, -0.15) is 5.26 Å². The van der Waals surface area contributed by atoms with Crippen LogP contribution in [0.25, 0.3) is 0 Å². The average molecular weight is 151 g/mol. The third-order valence-electron chi connectivity index (χ3n) is 1.87. The molecule has 1 atom stereocenters. The fourth-order valence-corrected chi connectivity index (χ4v) is 1.03. The molecule has 0 aliphatic carbocycles. The number of nitriles is 1. The minimum absolute atomic E-state index is 0.140. The average Bonchev–Trinajstić information content (AvgIpc) is 2.03. The quantitative estimate of drug-likeness (QED) is 0.566. The van der Waals surface area contributed by atoms with Crippen molar-refractivity contribution in [3.63, 3.8) is 0 Å². The van der Waals surface area contributed by atoms with E-state index >= 15 is 0 Å². The van der Waals surface area contributed by atoms with Gasteiger partial charge in [0.25, 0.3) is 0 Å². The van der Waals surface area contributed by atoms with Gasteiger partial charge in [-0.15, -0.1) is 0 Å². The molecule has 1 nitrogen and oxygen atoms in total. The van der Waals surface area contributed by atoms with Crippen molar-refractivity contribution < 1.29 is 0 Å². The Morgan fingerprint density at radius 1 is 1.55 bits per heavy atom. The van der Waals surface area contributed by atoms with E-state index in [-0.39, 0.29) is 5.92 Å². The molecule has 0 aliphatic rings. The molecular formula is C10H17N. The smallest absolute Gasteiger partial charge is 0.0700 e. The molecule has 0 saturated carbocycles. The van der Waals surface area contributed by atoms with Crippen LogP contribution in [0.15, 0.2) is 11.6 Å². The van der Waals surface area contributed by atoms with Gasteiger partial charge in [0.1, 0.15) is 0 Å². The van der Waals surface area contributed by atoms with Crippen molar-refractivity contribution in [2.75, 3.05) is 0 Å². The first-order valence-corrected chi connectivity index (χ1v) is 4.32. The first kappa shape index (κ1) is 10.2. The van der Waals surface area contributed by atoms with Crippen molar-refractivity contribution in [2.45, 2.75) is 40.0 Å². The summed E-state index contributed by atoms with van der Waals surface area (Å²) in [5.74, 6) is 0.140. The molecule has 0 aliphatic heterocycles. The number of nitrogens with zero attached hydrogens (tertiary/aromatic N) is 1. The number of rotatable bonds is 4. The summed E-state index contributed by atoms with van der Waals surface area (Å²) in [6.45, 7) is 6.25. The molecule has 0 aromatic rings. The molecule has 0 unspecified atom stereocenters. The van der Waals surface area contributed by atoms with E-state index in [2.05, 4.69) is 26.0 Å². The van der Waals surface area contributed by atoms with Crippen molar-refractivity contribution in [3.05, 3.63) is 11.6 Å². The van der Waals surface area contributed by atoms with Crippen LogP contribution in [0.2, 0.25) is 0 Å². The van der Waals surface area contributed by atoms with Crippen LogP contribution in [-0.2, 0) is 0 Å². The SMILES string of the molecule is CCC/C=C(\C)[C@H](C#N)CC. The van der Waals surface area contributed by atoms with Gasteiger partial charge in [0.2, 0.25) is 0 Å². The predicted octanol–water partition coefficient (Wildman–Crippen LogP) is 3.28. The summed E-state index contributed by atoms with van der Waals surface area (Å²) in [5.41, 5.74) is 1.23. The molecule has 0 aromatic heterocycles. The highest BCUT2D eigenvalue weighted by Crippen LogP contribution is 2.13. The van der Waals surface area contributed by atoms with Gasteiger partial charge in [-0.25, -0.2) is 0 Å². The molecule has 0 spiro atoms. The fourth-order valence-electron chi connectivity index (χ4n) is 1.03. The van der Waals surface area contributed by atoms with Gasteiger partial charge in [0.15, 0.2) is 0 Å². The summed E-state index contributed by atoms with van der Waals surface area (Å²) in [4.78, 5) is 0. The van der Waals surface area contributed by atoms with Crippen LogP contribution in [0.4, 0.5) is 0 Å². The van der Waals surface area contributed by atoms with Crippen LogP contribution in [0, 0.1) is 17.2 Å². The Balaban J connectivity index is 3.99. The normalized spacial score (nSPS) is 14.2. The Hall–Kier alpha value is -0.770. The van der Waals surface area contributed by atoms with Crippen molar-refractivity contribution in [2.24, 2.45) is 5.92 Å². The molecule has 0 N–H and O–H groups in total. The molecule has 0 aromatic carbocycles. The van der Waals surface area contributed by atoms with E-state index in [1.807, 2.05) is 6.92 Å². The first-order chi connectivity index (χ1) is 5.26. The minimum Gasteiger partial charge on any atom is -0.198 e. The van der Waals surface area contributed by atoms with E-state index in [1.54, 1.807) is 0 Å². The van der Waals surface area contributed by atoms with Crippen LogP contribution in [0.5, 0.6) is 0 Å². The molecule has 1 heteroatoms. The Bertz CT molecular complexity index is 162. The maximum absolute atomic E-state index is 8.70.